The predicted molar refractivity (Wildman–Crippen MR) is 161 cm³/mol. The smallest absolute Gasteiger partial charge is 0.379 e. The summed E-state index contributed by atoms with van der Waals surface area (Å²) in [5, 5.41) is 14.3. The Morgan fingerprint density at radius 1 is 1.21 bits per heavy atom. The Kier molecular flexibility index (Phi) is 9.71. The van der Waals surface area contributed by atoms with Crippen LogP contribution in [-0.2, 0) is 29.0 Å². The van der Waals surface area contributed by atoms with Gasteiger partial charge in [0, 0.05) is 63.6 Å². The average Bonchev–Trinajstić information content (AvgIpc) is 3.69. The van der Waals surface area contributed by atoms with Gasteiger partial charge in [0.25, 0.3) is 11.7 Å². The first-order valence-corrected chi connectivity index (χ1v) is 16.4. The van der Waals surface area contributed by atoms with E-state index in [0.717, 1.165) is 0 Å². The SMILES string of the molecule is CCn1nccc1C(=O)N[C@H](c1cn2nc(C[C@H]3C[C@@H](C(F)(F)F)CNC3=O)c(CN3CCOC[C@@H]3C)nc2n1)C1CCC(F)(F)CC1. The summed E-state index contributed by atoms with van der Waals surface area (Å²) < 4.78 is 77.7. The second-order valence-corrected chi connectivity index (χ2v) is 13.1. The third-order valence-electron chi connectivity index (χ3n) is 9.80. The summed E-state index contributed by atoms with van der Waals surface area (Å²) in [6.07, 6.45) is -2.15. The number of rotatable bonds is 9. The highest BCUT2D eigenvalue weighted by Gasteiger charge is 2.45. The molecule has 3 fully saturated rings. The topological polar surface area (TPSA) is 132 Å². The van der Waals surface area contributed by atoms with Gasteiger partial charge in [-0.05, 0) is 45.1 Å². The number of carbonyl (C=O) groups is 2. The Morgan fingerprint density at radius 3 is 2.69 bits per heavy atom. The number of imidazole rings is 1. The van der Waals surface area contributed by atoms with Crippen LogP contribution in [0.2, 0.25) is 0 Å². The number of hydrogen-bond donors (Lipinski definition) is 2. The molecule has 12 nitrogen and oxygen atoms in total. The molecule has 3 aliphatic rings. The van der Waals surface area contributed by atoms with Gasteiger partial charge >= 0.3 is 6.18 Å². The van der Waals surface area contributed by atoms with Gasteiger partial charge in [-0.1, -0.05) is 0 Å². The third kappa shape index (κ3) is 7.46. The number of hydrogen-bond acceptors (Lipinski definition) is 8. The zero-order chi connectivity index (χ0) is 34.2. The number of ether oxygens (including phenoxy) is 1. The van der Waals surface area contributed by atoms with Crippen LogP contribution in [0.1, 0.15) is 79.6 Å². The van der Waals surface area contributed by atoms with Crippen molar-refractivity contribution < 1.29 is 36.3 Å². The molecule has 0 aromatic carbocycles. The van der Waals surface area contributed by atoms with E-state index in [1.54, 1.807) is 12.3 Å². The number of fused-ring (bicyclic) bond motifs is 1. The Morgan fingerprint density at radius 2 is 1.98 bits per heavy atom. The van der Waals surface area contributed by atoms with Crippen LogP contribution < -0.4 is 10.6 Å². The number of halogens is 5. The number of amides is 2. The summed E-state index contributed by atoms with van der Waals surface area (Å²) in [5.41, 5.74) is 1.52. The van der Waals surface area contributed by atoms with Crippen molar-refractivity contribution in [1.29, 1.82) is 0 Å². The quantitative estimate of drug-likeness (QED) is 0.327. The average molecular weight is 682 g/mol. The van der Waals surface area contributed by atoms with Crippen LogP contribution in [0.25, 0.3) is 5.78 Å². The summed E-state index contributed by atoms with van der Waals surface area (Å²) in [5.74, 6) is -6.50. The zero-order valence-electron chi connectivity index (χ0n) is 26.8. The van der Waals surface area contributed by atoms with Crippen LogP contribution in [0.15, 0.2) is 18.5 Å². The van der Waals surface area contributed by atoms with Gasteiger partial charge in [0.05, 0.1) is 48.5 Å². The summed E-state index contributed by atoms with van der Waals surface area (Å²) >= 11 is 0. The molecule has 1 aliphatic carbocycles. The monoisotopic (exact) mass is 681 g/mol. The van der Waals surface area contributed by atoms with E-state index in [-0.39, 0.29) is 56.3 Å². The molecular formula is C31H40F5N9O3. The van der Waals surface area contributed by atoms with Gasteiger partial charge in [-0.2, -0.15) is 23.4 Å². The summed E-state index contributed by atoms with van der Waals surface area (Å²) in [7, 11) is 0. The lowest BCUT2D eigenvalue weighted by atomic mass is 9.81. The van der Waals surface area contributed by atoms with Gasteiger partial charge in [-0.3, -0.25) is 19.2 Å². The summed E-state index contributed by atoms with van der Waals surface area (Å²) in [6.45, 7) is 5.72. The molecule has 0 unspecified atom stereocenters. The van der Waals surface area contributed by atoms with Crippen LogP contribution in [0.4, 0.5) is 22.0 Å². The van der Waals surface area contributed by atoms with Crippen LogP contribution in [0.5, 0.6) is 0 Å². The van der Waals surface area contributed by atoms with Crippen molar-refractivity contribution in [3.05, 3.63) is 41.2 Å². The maximum atomic E-state index is 14.2. The van der Waals surface area contributed by atoms with Gasteiger partial charge in [-0.25, -0.2) is 23.3 Å². The molecule has 3 aromatic heterocycles. The van der Waals surface area contributed by atoms with Crippen LogP contribution >= 0.6 is 0 Å². The number of alkyl halides is 5. The van der Waals surface area contributed by atoms with E-state index < -0.39 is 48.3 Å². The molecule has 0 spiro atoms. The molecule has 2 aliphatic heterocycles. The number of aryl methyl sites for hydroxylation is 1. The second kappa shape index (κ2) is 13.6. The molecule has 2 N–H and O–H groups in total. The van der Waals surface area contributed by atoms with E-state index in [0.29, 0.717) is 55.6 Å². The van der Waals surface area contributed by atoms with E-state index in [1.165, 1.54) is 15.4 Å². The first kappa shape index (κ1) is 34.1. The van der Waals surface area contributed by atoms with Crippen LogP contribution in [0.3, 0.4) is 0 Å². The molecule has 4 atom stereocenters. The molecule has 2 amide bonds. The fourth-order valence-electron chi connectivity index (χ4n) is 6.91. The van der Waals surface area contributed by atoms with E-state index in [9.17, 15) is 31.5 Å². The second-order valence-electron chi connectivity index (χ2n) is 13.1. The molecule has 17 heteroatoms. The van der Waals surface area contributed by atoms with Gasteiger partial charge < -0.3 is 15.4 Å². The minimum atomic E-state index is -4.45. The minimum absolute atomic E-state index is 0.0353. The van der Waals surface area contributed by atoms with Crippen molar-refractivity contribution in [2.75, 3.05) is 26.3 Å². The lowest BCUT2D eigenvalue weighted by Gasteiger charge is -2.33. The molecule has 3 aromatic rings. The first-order chi connectivity index (χ1) is 22.8. The fraction of sp³-hybridized carbons (Fsp3) is 0.677. The molecule has 5 heterocycles. The van der Waals surface area contributed by atoms with E-state index in [4.69, 9.17) is 19.8 Å². The van der Waals surface area contributed by atoms with E-state index >= 15 is 0 Å². The molecule has 48 heavy (non-hydrogen) atoms. The molecule has 262 valence electrons. The van der Waals surface area contributed by atoms with Crippen molar-refractivity contribution in [2.45, 2.75) is 89.6 Å². The minimum Gasteiger partial charge on any atom is -0.379 e. The normalized spacial score (nSPS) is 24.8. The molecule has 0 bridgehead atoms. The largest absolute Gasteiger partial charge is 0.393 e. The van der Waals surface area contributed by atoms with Crippen molar-refractivity contribution >= 4 is 17.6 Å². The summed E-state index contributed by atoms with van der Waals surface area (Å²) in [4.78, 5) is 37.9. The van der Waals surface area contributed by atoms with Gasteiger partial charge in [-0.15, -0.1) is 0 Å². The Balaban J connectivity index is 1.35. The van der Waals surface area contributed by atoms with Crippen LogP contribution in [-0.4, -0.2) is 90.5 Å². The van der Waals surface area contributed by atoms with Gasteiger partial charge in [0.15, 0.2) is 0 Å². The Labute approximate surface area is 273 Å². The highest BCUT2D eigenvalue weighted by molar-refractivity contribution is 5.92. The van der Waals surface area contributed by atoms with Gasteiger partial charge in [0.1, 0.15) is 5.69 Å². The predicted octanol–water partition coefficient (Wildman–Crippen LogP) is 3.72. The van der Waals surface area contributed by atoms with Crippen LogP contribution in [0, 0.1) is 17.8 Å². The fourth-order valence-corrected chi connectivity index (χ4v) is 6.91. The Hall–Kier alpha value is -3.73. The lowest BCUT2D eigenvalue weighted by molar-refractivity contribution is -0.183. The number of aromatic nitrogens is 6. The maximum absolute atomic E-state index is 14.2. The third-order valence-corrected chi connectivity index (χ3v) is 9.80. The highest BCUT2D eigenvalue weighted by Crippen LogP contribution is 2.41. The number of morpholine rings is 1. The lowest BCUT2D eigenvalue weighted by Crippen LogP contribution is -2.47. The number of nitrogens with one attached hydrogen (secondary N) is 2. The molecule has 1 saturated carbocycles. The van der Waals surface area contributed by atoms with Crippen molar-refractivity contribution in [3.63, 3.8) is 0 Å². The maximum Gasteiger partial charge on any atom is 0.393 e. The zero-order valence-corrected chi connectivity index (χ0v) is 26.8. The number of carbonyl (C=O) groups excluding carboxylic acids is 2. The Bertz CT molecular complexity index is 1620. The standard InChI is InChI=1S/C31H40F5N9O3/c1-3-44-25(6-9-38-44)28(47)41-26(19-4-7-30(32,33)8-5-19)24-16-45-29(40-24)39-23(15-43-10-11-48-17-18(43)2)22(42-45)13-20-12-21(31(34,35)36)14-37-27(20)46/h6,9,16,18-21,26H,3-5,7-8,10-15,17H2,1-2H3,(H,37,46)(H,41,47)/t18-,20+,21+,26-/m0/s1. The molecular weight excluding hydrogens is 641 g/mol. The highest BCUT2D eigenvalue weighted by atomic mass is 19.4. The molecule has 6 rings (SSSR count). The summed E-state index contributed by atoms with van der Waals surface area (Å²) in [6, 6.07) is 0.862. The number of piperidine rings is 1. The van der Waals surface area contributed by atoms with Gasteiger partial charge in [0.2, 0.25) is 11.8 Å². The number of nitrogens with zero attached hydrogens (tertiary/aromatic N) is 7. The van der Waals surface area contributed by atoms with Crippen molar-refractivity contribution in [1.82, 2.24) is 44.9 Å². The molecule has 0 radical (unpaired) electrons. The molecule has 2 saturated heterocycles. The first-order valence-electron chi connectivity index (χ1n) is 16.4. The van der Waals surface area contributed by atoms with E-state index in [1.807, 2.05) is 13.8 Å². The van der Waals surface area contributed by atoms with Crippen molar-refractivity contribution in [3.8, 4) is 0 Å². The van der Waals surface area contributed by atoms with E-state index in [2.05, 4.69) is 20.6 Å². The van der Waals surface area contributed by atoms with Crippen molar-refractivity contribution in [2.24, 2.45) is 17.8 Å².